The van der Waals surface area contributed by atoms with E-state index < -0.39 is 5.82 Å². The van der Waals surface area contributed by atoms with E-state index in [-0.39, 0.29) is 5.69 Å². The highest BCUT2D eigenvalue weighted by Gasteiger charge is 2.07. The van der Waals surface area contributed by atoms with Crippen molar-refractivity contribution in [1.82, 2.24) is 0 Å². The van der Waals surface area contributed by atoms with Crippen LogP contribution >= 0.6 is 0 Å². The second kappa shape index (κ2) is 5.40. The first kappa shape index (κ1) is 12.9. The van der Waals surface area contributed by atoms with Crippen molar-refractivity contribution >= 4 is 11.4 Å². The largest absolute Gasteiger partial charge is 0.497 e. The summed E-state index contributed by atoms with van der Waals surface area (Å²) in [6.45, 7) is 1.91. The van der Waals surface area contributed by atoms with Crippen molar-refractivity contribution in [2.75, 3.05) is 12.4 Å². The average Bonchev–Trinajstić information content (AvgIpc) is 2.41. The Labute approximate surface area is 111 Å². The first-order chi connectivity index (χ1) is 9.13. The van der Waals surface area contributed by atoms with Gasteiger partial charge in [-0.2, -0.15) is 5.26 Å². The van der Waals surface area contributed by atoms with E-state index in [0.717, 1.165) is 5.56 Å². The maximum absolute atomic E-state index is 13.7. The lowest BCUT2D eigenvalue weighted by atomic mass is 10.1. The molecule has 0 saturated carbocycles. The molecule has 0 spiro atoms. The lowest BCUT2D eigenvalue weighted by Crippen LogP contribution is -1.97. The molecule has 0 aliphatic carbocycles. The molecule has 0 amide bonds. The van der Waals surface area contributed by atoms with Gasteiger partial charge in [0.15, 0.2) is 0 Å². The molecule has 0 atom stereocenters. The first-order valence-corrected chi connectivity index (χ1v) is 5.75. The summed E-state index contributed by atoms with van der Waals surface area (Å²) in [7, 11) is 1.52. The Morgan fingerprint density at radius 3 is 2.63 bits per heavy atom. The number of rotatable bonds is 3. The van der Waals surface area contributed by atoms with E-state index in [1.54, 1.807) is 24.3 Å². The summed E-state index contributed by atoms with van der Waals surface area (Å²) in [5.74, 6) is 0.154. The summed E-state index contributed by atoms with van der Waals surface area (Å²) in [5, 5.41) is 12.0. The summed E-state index contributed by atoms with van der Waals surface area (Å²) < 4.78 is 18.8. The van der Waals surface area contributed by atoms with E-state index in [4.69, 9.17) is 10.00 Å². The molecular weight excluding hydrogens is 243 g/mol. The maximum Gasteiger partial charge on any atom is 0.146 e. The van der Waals surface area contributed by atoms with Gasteiger partial charge in [0.25, 0.3) is 0 Å². The van der Waals surface area contributed by atoms with Crippen LogP contribution in [0.5, 0.6) is 5.75 Å². The average molecular weight is 256 g/mol. The van der Waals surface area contributed by atoms with Crippen LogP contribution in [-0.2, 0) is 0 Å². The van der Waals surface area contributed by atoms with E-state index >= 15 is 0 Å². The second-order valence-corrected chi connectivity index (χ2v) is 4.13. The fourth-order valence-electron chi connectivity index (χ4n) is 1.73. The molecule has 0 heterocycles. The third kappa shape index (κ3) is 2.83. The zero-order valence-electron chi connectivity index (χ0n) is 10.7. The fourth-order valence-corrected chi connectivity index (χ4v) is 1.73. The predicted molar refractivity (Wildman–Crippen MR) is 72.1 cm³/mol. The van der Waals surface area contributed by atoms with Crippen LogP contribution in [0, 0.1) is 24.1 Å². The Bertz CT molecular complexity index is 647. The number of anilines is 2. The summed E-state index contributed by atoms with van der Waals surface area (Å²) in [6, 6.07) is 11.8. The Morgan fingerprint density at radius 2 is 1.95 bits per heavy atom. The molecule has 0 bridgehead atoms. The van der Waals surface area contributed by atoms with Crippen molar-refractivity contribution in [3.8, 4) is 11.8 Å². The molecule has 0 aromatic heterocycles. The molecule has 0 radical (unpaired) electrons. The van der Waals surface area contributed by atoms with Gasteiger partial charge in [-0.3, -0.25) is 0 Å². The minimum absolute atomic E-state index is 0.279. The number of hydrogen-bond donors (Lipinski definition) is 1. The second-order valence-electron chi connectivity index (χ2n) is 4.13. The van der Waals surface area contributed by atoms with Crippen LogP contribution in [0.3, 0.4) is 0 Å². The summed E-state index contributed by atoms with van der Waals surface area (Å²) >= 11 is 0. The van der Waals surface area contributed by atoms with Crippen LogP contribution in [0.25, 0.3) is 0 Å². The van der Waals surface area contributed by atoms with Gasteiger partial charge in [0, 0.05) is 6.07 Å². The molecule has 96 valence electrons. The van der Waals surface area contributed by atoms with Gasteiger partial charge in [0.2, 0.25) is 0 Å². The topological polar surface area (TPSA) is 45.0 Å². The van der Waals surface area contributed by atoms with E-state index in [2.05, 4.69) is 11.4 Å². The van der Waals surface area contributed by atoms with Gasteiger partial charge in [-0.1, -0.05) is 6.07 Å². The Balaban J connectivity index is 2.41. The van der Waals surface area contributed by atoms with Crippen LogP contribution in [-0.4, -0.2) is 7.11 Å². The van der Waals surface area contributed by atoms with Gasteiger partial charge in [-0.25, -0.2) is 4.39 Å². The Hall–Kier alpha value is -2.54. The minimum Gasteiger partial charge on any atom is -0.497 e. The zero-order valence-corrected chi connectivity index (χ0v) is 10.7. The zero-order chi connectivity index (χ0) is 13.8. The summed E-state index contributed by atoms with van der Waals surface area (Å²) in [6.07, 6.45) is 0. The molecule has 0 aliphatic heterocycles. The molecular formula is C15H13FN2O. The number of benzene rings is 2. The van der Waals surface area contributed by atoms with E-state index in [1.807, 2.05) is 13.0 Å². The van der Waals surface area contributed by atoms with Gasteiger partial charge in [0.1, 0.15) is 17.6 Å². The first-order valence-electron chi connectivity index (χ1n) is 5.75. The van der Waals surface area contributed by atoms with Gasteiger partial charge >= 0.3 is 0 Å². The Kier molecular flexibility index (Phi) is 3.67. The lowest BCUT2D eigenvalue weighted by Gasteiger charge is -2.11. The minimum atomic E-state index is -0.397. The highest BCUT2D eigenvalue weighted by atomic mass is 19.1. The molecule has 0 saturated heterocycles. The maximum atomic E-state index is 13.7. The number of nitrogens with one attached hydrogen (secondary N) is 1. The summed E-state index contributed by atoms with van der Waals surface area (Å²) in [5.41, 5.74) is 2.31. The van der Waals surface area contributed by atoms with Crippen molar-refractivity contribution in [2.24, 2.45) is 0 Å². The highest BCUT2D eigenvalue weighted by Crippen LogP contribution is 2.27. The monoisotopic (exact) mass is 256 g/mol. The van der Waals surface area contributed by atoms with Crippen LogP contribution in [0.4, 0.5) is 15.8 Å². The van der Waals surface area contributed by atoms with Gasteiger partial charge in [-0.15, -0.1) is 0 Å². The van der Waals surface area contributed by atoms with Crippen molar-refractivity contribution in [3.05, 3.63) is 53.3 Å². The number of nitrogens with zero attached hydrogens (tertiary/aromatic N) is 1. The van der Waals surface area contributed by atoms with Crippen molar-refractivity contribution in [1.29, 1.82) is 5.26 Å². The number of aryl methyl sites for hydroxylation is 1. The molecule has 4 heteroatoms. The van der Waals surface area contributed by atoms with E-state index in [1.165, 1.54) is 13.2 Å². The van der Waals surface area contributed by atoms with Gasteiger partial charge in [0.05, 0.1) is 24.0 Å². The molecule has 2 aromatic rings. The quantitative estimate of drug-likeness (QED) is 0.909. The number of ether oxygens (including phenoxy) is 1. The highest BCUT2D eigenvalue weighted by molar-refractivity contribution is 5.68. The van der Waals surface area contributed by atoms with E-state index in [9.17, 15) is 4.39 Å². The summed E-state index contributed by atoms with van der Waals surface area (Å²) in [4.78, 5) is 0. The molecule has 2 rings (SSSR count). The third-order valence-corrected chi connectivity index (χ3v) is 2.74. The van der Waals surface area contributed by atoms with Crippen LogP contribution in [0.2, 0.25) is 0 Å². The number of hydrogen-bond acceptors (Lipinski definition) is 3. The molecule has 2 aromatic carbocycles. The van der Waals surface area contributed by atoms with Crippen LogP contribution < -0.4 is 10.1 Å². The molecule has 3 nitrogen and oxygen atoms in total. The Morgan fingerprint density at radius 1 is 1.16 bits per heavy atom. The smallest absolute Gasteiger partial charge is 0.146 e. The predicted octanol–water partition coefficient (Wildman–Crippen LogP) is 3.76. The van der Waals surface area contributed by atoms with Crippen LogP contribution in [0.1, 0.15) is 11.1 Å². The van der Waals surface area contributed by atoms with Crippen LogP contribution in [0.15, 0.2) is 36.4 Å². The van der Waals surface area contributed by atoms with Crippen molar-refractivity contribution in [3.63, 3.8) is 0 Å². The lowest BCUT2D eigenvalue weighted by molar-refractivity contribution is 0.414. The number of halogens is 1. The molecule has 0 fully saturated rings. The van der Waals surface area contributed by atoms with E-state index in [0.29, 0.717) is 17.0 Å². The van der Waals surface area contributed by atoms with Crippen molar-refractivity contribution in [2.45, 2.75) is 6.92 Å². The van der Waals surface area contributed by atoms with Crippen molar-refractivity contribution < 1.29 is 9.13 Å². The molecule has 19 heavy (non-hydrogen) atoms. The van der Waals surface area contributed by atoms with Gasteiger partial charge < -0.3 is 10.1 Å². The normalized spacial score (nSPS) is 9.79. The molecule has 1 N–H and O–H groups in total. The number of methoxy groups -OCH3 is 1. The molecule has 0 aliphatic rings. The SMILES string of the molecule is COc1ccc(F)c(Nc2cc(C)ccc2C#N)c1. The standard InChI is InChI=1S/C15H13FN2O/c1-10-3-4-11(9-17)14(7-10)18-15-8-12(19-2)5-6-13(15)16/h3-8,18H,1-2H3. The molecule has 0 unspecified atom stereocenters. The fraction of sp³-hybridized carbons (Fsp3) is 0.133. The number of nitriles is 1. The third-order valence-electron chi connectivity index (χ3n) is 2.74. The van der Waals surface area contributed by atoms with Gasteiger partial charge in [-0.05, 0) is 36.8 Å².